The molecule has 2 amide bonds. The maximum atomic E-state index is 12.9. The fourth-order valence-corrected chi connectivity index (χ4v) is 3.71. The Morgan fingerprint density at radius 3 is 2.33 bits per heavy atom. The lowest BCUT2D eigenvalue weighted by molar-refractivity contribution is -0.151. The van der Waals surface area contributed by atoms with E-state index in [0.29, 0.717) is 55.8 Å². The second-order valence-electron chi connectivity index (χ2n) is 7.39. The summed E-state index contributed by atoms with van der Waals surface area (Å²) in [5, 5.41) is 0. The number of hydrogen-bond donors (Lipinski definition) is 1. The average Bonchev–Trinajstić information content (AvgIpc) is 3.08. The predicted octanol–water partition coefficient (Wildman–Crippen LogP) is 1.55. The van der Waals surface area contributed by atoms with Crippen molar-refractivity contribution < 1.29 is 28.7 Å². The average molecular weight is 421 g/mol. The van der Waals surface area contributed by atoms with E-state index in [2.05, 4.69) is 4.98 Å². The van der Waals surface area contributed by atoms with Crippen molar-refractivity contribution in [1.29, 1.82) is 0 Å². The molecule has 9 nitrogen and oxygen atoms in total. The summed E-state index contributed by atoms with van der Waals surface area (Å²) in [6.07, 6.45) is 1.65. The molecule has 1 aliphatic rings. The highest BCUT2D eigenvalue weighted by atomic mass is 16.5. The van der Waals surface area contributed by atoms with Crippen LogP contribution in [0.5, 0.6) is 0 Å². The van der Waals surface area contributed by atoms with Crippen LogP contribution in [0.15, 0.2) is 0 Å². The number of nitrogens with zero attached hydrogens (tertiary/aromatic N) is 2. The molecule has 0 spiro atoms. The number of methoxy groups -OCH3 is 1. The third-order valence-electron chi connectivity index (χ3n) is 5.47. The normalized spacial score (nSPS) is 14.4. The van der Waals surface area contributed by atoms with E-state index in [1.807, 2.05) is 6.92 Å². The van der Waals surface area contributed by atoms with Gasteiger partial charge in [-0.05, 0) is 38.7 Å². The summed E-state index contributed by atoms with van der Waals surface area (Å²) in [5.74, 6) is -1.44. The molecular weight excluding hydrogens is 390 g/mol. The summed E-state index contributed by atoms with van der Waals surface area (Å²) in [4.78, 5) is 55.5. The summed E-state index contributed by atoms with van der Waals surface area (Å²) in [6.45, 7) is 6.50. The molecular formula is C21H31N3O6. The molecule has 1 N–H and O–H groups in total. The number of rotatable bonds is 7. The van der Waals surface area contributed by atoms with Crippen LogP contribution in [0, 0.1) is 12.8 Å². The van der Waals surface area contributed by atoms with Crippen molar-refractivity contribution in [3.05, 3.63) is 22.5 Å². The minimum atomic E-state index is -0.497. The molecule has 0 saturated carbocycles. The lowest BCUT2D eigenvalue weighted by Gasteiger charge is -2.32. The number of carbonyl (C=O) groups excluding carboxylic acids is 4. The highest BCUT2D eigenvalue weighted by Gasteiger charge is 2.30. The Morgan fingerprint density at radius 2 is 1.80 bits per heavy atom. The molecule has 1 saturated heterocycles. The first-order valence-electron chi connectivity index (χ1n) is 10.2. The Hall–Kier alpha value is -2.84. The lowest BCUT2D eigenvalue weighted by atomic mass is 9.97. The van der Waals surface area contributed by atoms with Crippen LogP contribution in [-0.4, -0.2) is 78.9 Å². The first kappa shape index (κ1) is 23.4. The number of aromatic amines is 1. The number of piperidine rings is 1. The first-order chi connectivity index (χ1) is 14.2. The lowest BCUT2D eigenvalue weighted by Crippen LogP contribution is -2.45. The largest absolute Gasteiger partial charge is 0.466 e. The van der Waals surface area contributed by atoms with Crippen molar-refractivity contribution in [2.75, 3.05) is 40.4 Å². The minimum Gasteiger partial charge on any atom is -0.466 e. The molecule has 0 bridgehead atoms. The number of esters is 2. The zero-order valence-electron chi connectivity index (χ0n) is 18.4. The fraction of sp³-hybridized carbons (Fsp3) is 0.619. The highest BCUT2D eigenvalue weighted by Crippen LogP contribution is 2.22. The van der Waals surface area contributed by atoms with Crippen LogP contribution in [0.1, 0.15) is 58.8 Å². The zero-order valence-corrected chi connectivity index (χ0v) is 18.4. The van der Waals surface area contributed by atoms with E-state index < -0.39 is 5.97 Å². The summed E-state index contributed by atoms with van der Waals surface area (Å²) >= 11 is 0. The van der Waals surface area contributed by atoms with Gasteiger partial charge in [0.05, 0.1) is 31.7 Å². The molecule has 1 fully saturated rings. The number of amides is 2. The topological polar surface area (TPSA) is 109 Å². The van der Waals surface area contributed by atoms with Crippen molar-refractivity contribution in [3.8, 4) is 0 Å². The molecule has 0 aliphatic carbocycles. The van der Waals surface area contributed by atoms with Crippen LogP contribution in [0.25, 0.3) is 0 Å². The Kier molecular flexibility index (Phi) is 8.02. The summed E-state index contributed by atoms with van der Waals surface area (Å²) in [5.41, 5.74) is 1.79. The molecule has 0 atom stereocenters. The Balaban J connectivity index is 2.01. The summed E-state index contributed by atoms with van der Waals surface area (Å²) in [6, 6.07) is 0. The van der Waals surface area contributed by atoms with E-state index >= 15 is 0 Å². The minimum absolute atomic E-state index is 0.0869. The van der Waals surface area contributed by atoms with Crippen molar-refractivity contribution >= 4 is 23.8 Å². The molecule has 2 rings (SSSR count). The maximum Gasteiger partial charge on any atom is 0.339 e. The van der Waals surface area contributed by atoms with E-state index in [9.17, 15) is 19.2 Å². The molecule has 1 aromatic heterocycles. The Morgan fingerprint density at radius 1 is 1.17 bits per heavy atom. The number of H-pyrrole nitrogens is 1. The van der Waals surface area contributed by atoms with Crippen LogP contribution in [0.2, 0.25) is 0 Å². The smallest absolute Gasteiger partial charge is 0.339 e. The molecule has 1 aromatic rings. The zero-order chi connectivity index (χ0) is 22.4. The standard InChI is InChI=1S/C21H31N3O6/c1-6-15-17(21(28)29-5)13(3)18(22-15)19(26)23(4)12-16(25)24-10-8-14(9-11-24)20(27)30-7-2/h14,22H,6-12H2,1-5H3. The van der Waals surface area contributed by atoms with Gasteiger partial charge in [-0.2, -0.15) is 0 Å². The van der Waals surface area contributed by atoms with Crippen molar-refractivity contribution in [2.24, 2.45) is 5.92 Å². The van der Waals surface area contributed by atoms with Gasteiger partial charge in [0.25, 0.3) is 5.91 Å². The number of likely N-dealkylation sites (tertiary alicyclic amines) is 1. The van der Waals surface area contributed by atoms with E-state index in [1.54, 1.807) is 25.8 Å². The molecule has 0 radical (unpaired) electrons. The van der Waals surface area contributed by atoms with Crippen molar-refractivity contribution in [2.45, 2.75) is 40.0 Å². The Bertz CT molecular complexity index is 808. The van der Waals surface area contributed by atoms with Gasteiger partial charge in [0.15, 0.2) is 0 Å². The maximum absolute atomic E-state index is 12.9. The molecule has 166 valence electrons. The first-order valence-corrected chi connectivity index (χ1v) is 10.2. The number of aryl methyl sites for hydroxylation is 1. The Labute approximate surface area is 176 Å². The highest BCUT2D eigenvalue weighted by molar-refractivity contribution is 6.01. The van der Waals surface area contributed by atoms with Gasteiger partial charge < -0.3 is 24.3 Å². The van der Waals surface area contributed by atoms with E-state index in [0.717, 1.165) is 0 Å². The second kappa shape index (κ2) is 10.3. The molecule has 1 aliphatic heterocycles. The van der Waals surface area contributed by atoms with Gasteiger partial charge in [-0.3, -0.25) is 14.4 Å². The van der Waals surface area contributed by atoms with Gasteiger partial charge in [0, 0.05) is 25.8 Å². The van der Waals surface area contributed by atoms with Crippen LogP contribution >= 0.6 is 0 Å². The van der Waals surface area contributed by atoms with Gasteiger partial charge in [0.2, 0.25) is 5.91 Å². The molecule has 2 heterocycles. The molecule has 0 unspecified atom stereocenters. The molecule has 9 heteroatoms. The number of carbonyl (C=O) groups is 4. The fourth-order valence-electron chi connectivity index (χ4n) is 3.71. The monoisotopic (exact) mass is 421 g/mol. The number of aromatic nitrogens is 1. The van der Waals surface area contributed by atoms with Gasteiger partial charge in [0.1, 0.15) is 5.69 Å². The third-order valence-corrected chi connectivity index (χ3v) is 5.47. The number of ether oxygens (including phenoxy) is 2. The van der Waals surface area contributed by atoms with Crippen molar-refractivity contribution in [3.63, 3.8) is 0 Å². The second-order valence-corrected chi connectivity index (χ2v) is 7.39. The predicted molar refractivity (Wildman–Crippen MR) is 109 cm³/mol. The number of hydrogen-bond acceptors (Lipinski definition) is 6. The summed E-state index contributed by atoms with van der Waals surface area (Å²) in [7, 11) is 2.85. The van der Waals surface area contributed by atoms with E-state index in [1.165, 1.54) is 12.0 Å². The van der Waals surface area contributed by atoms with Gasteiger partial charge in [-0.1, -0.05) is 6.92 Å². The van der Waals surface area contributed by atoms with Crippen molar-refractivity contribution in [1.82, 2.24) is 14.8 Å². The van der Waals surface area contributed by atoms with Crippen LogP contribution in [0.4, 0.5) is 0 Å². The molecule has 0 aromatic carbocycles. The van der Waals surface area contributed by atoms with Gasteiger partial charge in [-0.15, -0.1) is 0 Å². The number of nitrogens with one attached hydrogen (secondary N) is 1. The number of likely N-dealkylation sites (N-methyl/N-ethyl adjacent to an activating group) is 1. The third kappa shape index (κ3) is 5.01. The van der Waals surface area contributed by atoms with Crippen LogP contribution in [0.3, 0.4) is 0 Å². The van der Waals surface area contributed by atoms with Crippen LogP contribution in [-0.2, 0) is 25.5 Å². The SMILES string of the molecule is CCOC(=O)C1CCN(C(=O)CN(C)C(=O)c2[nH]c(CC)c(C(=O)OC)c2C)CC1. The van der Waals surface area contributed by atoms with E-state index in [-0.39, 0.29) is 35.9 Å². The summed E-state index contributed by atoms with van der Waals surface area (Å²) < 4.78 is 9.87. The van der Waals surface area contributed by atoms with Gasteiger partial charge >= 0.3 is 11.9 Å². The van der Waals surface area contributed by atoms with Gasteiger partial charge in [-0.25, -0.2) is 4.79 Å². The quantitative estimate of drug-likeness (QED) is 0.669. The van der Waals surface area contributed by atoms with E-state index in [4.69, 9.17) is 9.47 Å². The molecule has 30 heavy (non-hydrogen) atoms. The van der Waals surface area contributed by atoms with Crippen LogP contribution < -0.4 is 0 Å².